The number of imidazole rings is 1. The molecule has 1 aliphatic carbocycles. The van der Waals surface area contributed by atoms with Crippen LogP contribution in [0.4, 0.5) is 5.82 Å². The van der Waals surface area contributed by atoms with Gasteiger partial charge in [-0.25, -0.2) is 28.6 Å². The normalized spacial score (nSPS) is 29.6. The zero-order valence-corrected chi connectivity index (χ0v) is 27.1. The molecule has 0 bridgehead atoms. The summed E-state index contributed by atoms with van der Waals surface area (Å²) in [7, 11) is -10.9. The third kappa shape index (κ3) is 8.04. The number of benzene rings is 1. The van der Waals surface area contributed by atoms with Gasteiger partial charge < -0.3 is 34.6 Å². The van der Waals surface area contributed by atoms with Crippen molar-refractivity contribution in [2.75, 3.05) is 12.3 Å². The Morgan fingerprint density at radius 2 is 1.67 bits per heavy atom. The molecule has 5 unspecified atom stereocenters. The van der Waals surface area contributed by atoms with E-state index in [1.165, 1.54) is 12.7 Å². The maximum atomic E-state index is 12.7. The Balaban J connectivity index is 1.14. The molecule has 17 nitrogen and oxygen atoms in total. The van der Waals surface area contributed by atoms with Crippen LogP contribution in [0.1, 0.15) is 43.9 Å². The molecule has 21 heteroatoms. The van der Waals surface area contributed by atoms with Crippen molar-refractivity contribution in [1.29, 1.82) is 0 Å². The minimum atomic E-state index is -5.53. The molecule has 3 fully saturated rings. The van der Waals surface area contributed by atoms with Gasteiger partial charge in [0.2, 0.25) is 0 Å². The lowest BCUT2D eigenvalue weighted by atomic mass is 10.0. The van der Waals surface area contributed by atoms with Crippen molar-refractivity contribution in [2.24, 2.45) is 0 Å². The zero-order chi connectivity index (χ0) is 31.8. The van der Waals surface area contributed by atoms with E-state index in [0.29, 0.717) is 41.8 Å². The van der Waals surface area contributed by atoms with E-state index >= 15 is 0 Å². The van der Waals surface area contributed by atoms with Crippen molar-refractivity contribution in [3.63, 3.8) is 0 Å². The summed E-state index contributed by atoms with van der Waals surface area (Å²) in [5.74, 6) is 0.150. The molecule has 3 aliphatic rings. The molecule has 4 heterocycles. The first kappa shape index (κ1) is 33.2. The number of nitrogens with two attached hydrogens (primary N) is 1. The van der Waals surface area contributed by atoms with Crippen LogP contribution < -0.4 is 5.73 Å². The molecule has 8 atom stereocenters. The van der Waals surface area contributed by atoms with Crippen LogP contribution >= 0.6 is 33.8 Å². The van der Waals surface area contributed by atoms with Gasteiger partial charge in [-0.2, -0.15) is 8.62 Å². The van der Waals surface area contributed by atoms with E-state index < -0.39 is 59.9 Å². The Bertz CT molecular complexity index is 1650. The van der Waals surface area contributed by atoms with E-state index in [-0.39, 0.29) is 11.1 Å². The highest BCUT2D eigenvalue weighted by Crippen LogP contribution is 2.72. The Hall–Kier alpha value is -1.75. The number of rotatable bonds is 12. The lowest BCUT2D eigenvalue weighted by Crippen LogP contribution is -2.31. The summed E-state index contributed by atoms with van der Waals surface area (Å²) in [6.45, 7) is -5.38. The predicted molar refractivity (Wildman–Crippen MR) is 159 cm³/mol. The highest BCUT2D eigenvalue weighted by atomic mass is 32.7. The van der Waals surface area contributed by atoms with Crippen LogP contribution in [0.25, 0.3) is 11.2 Å². The highest BCUT2D eigenvalue weighted by Gasteiger charge is 2.54. The molecule has 246 valence electrons. The second kappa shape index (κ2) is 13.4. The van der Waals surface area contributed by atoms with Gasteiger partial charge in [0.1, 0.15) is 30.2 Å². The van der Waals surface area contributed by atoms with E-state index in [2.05, 4.69) is 23.6 Å². The quantitative estimate of drug-likeness (QED) is 0.194. The van der Waals surface area contributed by atoms with Crippen molar-refractivity contribution in [3.05, 3.63) is 48.5 Å². The third-order valence-electron chi connectivity index (χ3n) is 7.46. The summed E-state index contributed by atoms with van der Waals surface area (Å²) in [6, 6.07) is 9.45. The second-order valence-electron chi connectivity index (χ2n) is 10.7. The predicted octanol–water partition coefficient (Wildman–Crippen LogP) is 4.08. The van der Waals surface area contributed by atoms with Gasteiger partial charge in [0.25, 0.3) is 0 Å². The van der Waals surface area contributed by atoms with E-state index in [4.69, 9.17) is 24.5 Å². The Kier molecular flexibility index (Phi) is 9.87. The number of phosphoric ester groups is 1. The number of anilines is 1. The summed E-state index contributed by atoms with van der Waals surface area (Å²) in [6.07, 6.45) is 2.78. The number of hydrogen-bond acceptors (Lipinski definition) is 14. The summed E-state index contributed by atoms with van der Waals surface area (Å²) >= 11 is 0.511. The number of fused-ring (bicyclic) bond motifs is 2. The highest BCUT2D eigenvalue weighted by molar-refractivity contribution is 8.55. The average molecular weight is 708 g/mol. The van der Waals surface area contributed by atoms with Crippen LogP contribution in [-0.2, 0) is 47.5 Å². The van der Waals surface area contributed by atoms with Gasteiger partial charge in [0, 0.05) is 11.7 Å². The molecular formula is C24H32N5O12P3S. The first-order valence-corrected chi connectivity index (χ1v) is 20.1. The smallest absolute Gasteiger partial charge is 0.382 e. The fraction of sp³-hybridized carbons (Fsp3) is 0.542. The molecule has 0 amide bonds. The van der Waals surface area contributed by atoms with E-state index in [1.807, 2.05) is 30.3 Å². The standard InChI is InChI=1S/C24H32N5O12P3S/c25-22-19-23(27-13-26-22)29(14-28-19)24-21-20(38-18(39-21)11-15-7-3-1-4-8-15)17(37-24)12-36-42(30,31)40-43(32,33)41-44(34,35)45-16-9-5-2-6-10-16/h1,3-4,7-8,13-14,16-18,20-21,24H,2,5-6,9-12H2,(H,30,31)(H,32,33)(H,34,35)(H2,25,26,27)/t17-,18?,20?,21+,24-/m1/s1. The molecule has 45 heavy (non-hydrogen) atoms. The van der Waals surface area contributed by atoms with E-state index in [9.17, 15) is 28.4 Å². The number of phosphoric acid groups is 2. The Labute approximate surface area is 261 Å². The van der Waals surface area contributed by atoms with Crippen molar-refractivity contribution < 1.29 is 55.7 Å². The molecule has 2 aliphatic heterocycles. The van der Waals surface area contributed by atoms with Gasteiger partial charge in [-0.05, 0) is 29.8 Å². The number of aromatic nitrogens is 4. The van der Waals surface area contributed by atoms with Gasteiger partial charge in [-0.15, -0.1) is 0 Å². The van der Waals surface area contributed by atoms with Gasteiger partial charge in [-0.1, -0.05) is 49.6 Å². The lowest BCUT2D eigenvalue weighted by Gasteiger charge is -2.24. The SMILES string of the molecule is Nc1ncnc2c1ncn2[C@@H]1O[C@H](COP(=O)(O)OP(=O)(O)OP(=O)(O)SC2CCCCC2)C2OC(Cc3ccccc3)O[C@@H]21. The Morgan fingerprint density at radius 1 is 0.933 bits per heavy atom. The topological polar surface area (TPSA) is 237 Å². The van der Waals surface area contributed by atoms with Crippen molar-refractivity contribution in [1.82, 2.24) is 19.5 Å². The number of nitrogens with zero attached hydrogens (tertiary/aromatic N) is 4. The van der Waals surface area contributed by atoms with Gasteiger partial charge in [0.05, 0.1) is 12.9 Å². The van der Waals surface area contributed by atoms with E-state index in [1.54, 1.807) is 4.57 Å². The van der Waals surface area contributed by atoms with Crippen molar-refractivity contribution in [3.8, 4) is 0 Å². The minimum absolute atomic E-state index is 0.150. The summed E-state index contributed by atoms with van der Waals surface area (Å²) in [5, 5.41) is -0.262. The first-order valence-electron chi connectivity index (χ1n) is 14.1. The molecule has 0 radical (unpaired) electrons. The maximum absolute atomic E-state index is 12.7. The summed E-state index contributed by atoms with van der Waals surface area (Å²) < 4.78 is 71.5. The number of hydrogen-bond donors (Lipinski definition) is 4. The fourth-order valence-electron chi connectivity index (χ4n) is 5.56. The van der Waals surface area contributed by atoms with Crippen LogP contribution in [0.15, 0.2) is 43.0 Å². The van der Waals surface area contributed by atoms with Crippen LogP contribution in [-0.4, -0.2) is 70.7 Å². The molecule has 1 aromatic carbocycles. The van der Waals surface area contributed by atoms with E-state index in [0.717, 1.165) is 24.8 Å². The largest absolute Gasteiger partial charge is 0.488 e. The monoisotopic (exact) mass is 707 g/mol. The maximum Gasteiger partial charge on any atom is 0.488 e. The van der Waals surface area contributed by atoms with Crippen molar-refractivity contribution >= 4 is 50.8 Å². The number of ether oxygens (including phenoxy) is 3. The second-order valence-corrected chi connectivity index (χ2v) is 18.0. The Morgan fingerprint density at radius 3 is 2.42 bits per heavy atom. The molecule has 6 rings (SSSR count). The lowest BCUT2D eigenvalue weighted by molar-refractivity contribution is -0.149. The van der Waals surface area contributed by atoms with Crippen molar-refractivity contribution in [2.45, 2.75) is 74.6 Å². The zero-order valence-electron chi connectivity index (χ0n) is 23.6. The summed E-state index contributed by atoms with van der Waals surface area (Å²) in [5.41, 5.74) is 7.55. The summed E-state index contributed by atoms with van der Waals surface area (Å²) in [4.78, 5) is 42.9. The molecular weight excluding hydrogens is 675 g/mol. The van der Waals surface area contributed by atoms with Crippen LogP contribution in [0, 0.1) is 0 Å². The molecule has 0 spiro atoms. The van der Waals surface area contributed by atoms with Crippen LogP contribution in [0.5, 0.6) is 0 Å². The molecule has 2 aromatic heterocycles. The molecule has 2 saturated heterocycles. The van der Waals surface area contributed by atoms with Gasteiger partial charge in [-0.3, -0.25) is 9.09 Å². The molecule has 5 N–H and O–H groups in total. The average Bonchev–Trinajstić information content (AvgIpc) is 3.66. The van der Waals surface area contributed by atoms with Crippen LogP contribution in [0.2, 0.25) is 0 Å². The molecule has 1 saturated carbocycles. The first-order chi connectivity index (χ1) is 21.4. The third-order valence-corrected chi connectivity index (χ3v) is 14.6. The van der Waals surface area contributed by atoms with Crippen LogP contribution in [0.3, 0.4) is 0 Å². The van der Waals surface area contributed by atoms with Gasteiger partial charge >= 0.3 is 22.4 Å². The number of nitrogen functional groups attached to an aromatic ring is 1. The molecule has 3 aromatic rings. The van der Waals surface area contributed by atoms with Gasteiger partial charge in [0.15, 0.2) is 24.0 Å². The fourth-order valence-corrected chi connectivity index (χ4v) is 12.5. The minimum Gasteiger partial charge on any atom is -0.382 e.